The minimum atomic E-state index is -0.548. The number of aromatic nitrogens is 3. The Labute approximate surface area is 121 Å². The first-order valence-corrected chi connectivity index (χ1v) is 6.47. The Hall–Kier alpha value is -2.57. The number of pyridine rings is 1. The van der Waals surface area contributed by atoms with Crippen LogP contribution in [0.1, 0.15) is 23.1 Å². The molecule has 112 valence electrons. The largest absolute Gasteiger partial charge is 0.497 e. The molecule has 21 heavy (non-hydrogen) atoms. The summed E-state index contributed by atoms with van der Waals surface area (Å²) in [6, 6.07) is 3.18. The van der Waals surface area contributed by atoms with Crippen LogP contribution in [0.25, 0.3) is 0 Å². The molecule has 0 saturated heterocycles. The van der Waals surface area contributed by atoms with Gasteiger partial charge in [-0.05, 0) is 6.92 Å². The Bertz CT molecular complexity index is 702. The van der Waals surface area contributed by atoms with Crippen molar-refractivity contribution in [1.82, 2.24) is 14.1 Å². The second kappa shape index (κ2) is 6.25. The maximum atomic E-state index is 12.0. The Balaban J connectivity index is 2.36. The average Bonchev–Trinajstić information content (AvgIpc) is 2.86. The number of carbonyl (C=O) groups excluding carboxylic acids is 1. The van der Waals surface area contributed by atoms with Crippen molar-refractivity contribution in [2.24, 2.45) is 0 Å². The van der Waals surface area contributed by atoms with Gasteiger partial charge in [-0.25, -0.2) is 14.6 Å². The molecule has 0 aliphatic carbocycles. The SMILES string of the molecule is CCn1ccn(Cc2cc(OC)cc(C(=O)OC)n2)c1=O. The fourth-order valence-corrected chi connectivity index (χ4v) is 1.96. The molecule has 0 aromatic carbocycles. The molecule has 0 amide bonds. The molecule has 7 nitrogen and oxygen atoms in total. The normalized spacial score (nSPS) is 10.4. The van der Waals surface area contributed by atoms with Crippen LogP contribution >= 0.6 is 0 Å². The lowest BCUT2D eigenvalue weighted by Crippen LogP contribution is -2.24. The van der Waals surface area contributed by atoms with Gasteiger partial charge in [0.1, 0.15) is 5.75 Å². The predicted octanol–water partition coefficient (Wildman–Crippen LogP) is 0.908. The lowest BCUT2D eigenvalue weighted by molar-refractivity contribution is 0.0593. The number of aryl methyl sites for hydroxylation is 1. The van der Waals surface area contributed by atoms with E-state index in [1.807, 2.05) is 6.92 Å². The molecule has 0 aliphatic heterocycles. The second-order valence-electron chi connectivity index (χ2n) is 4.37. The Kier molecular flexibility index (Phi) is 4.42. The van der Waals surface area contributed by atoms with Crippen molar-refractivity contribution in [2.75, 3.05) is 14.2 Å². The fraction of sp³-hybridized carbons (Fsp3) is 0.357. The molecule has 2 heterocycles. The third-order valence-corrected chi connectivity index (χ3v) is 3.07. The van der Waals surface area contributed by atoms with Crippen LogP contribution in [-0.4, -0.2) is 34.3 Å². The zero-order valence-electron chi connectivity index (χ0n) is 12.2. The number of rotatable bonds is 5. The summed E-state index contributed by atoms with van der Waals surface area (Å²) in [5, 5.41) is 0. The maximum absolute atomic E-state index is 12.0. The summed E-state index contributed by atoms with van der Waals surface area (Å²) in [6.45, 7) is 2.75. The van der Waals surface area contributed by atoms with Crippen molar-refractivity contribution < 1.29 is 14.3 Å². The van der Waals surface area contributed by atoms with Crippen LogP contribution in [0.2, 0.25) is 0 Å². The van der Waals surface area contributed by atoms with E-state index < -0.39 is 5.97 Å². The molecule has 0 radical (unpaired) electrons. The van der Waals surface area contributed by atoms with E-state index in [9.17, 15) is 9.59 Å². The summed E-state index contributed by atoms with van der Waals surface area (Å²) in [5.41, 5.74) is 0.572. The fourth-order valence-electron chi connectivity index (χ4n) is 1.96. The lowest BCUT2D eigenvalue weighted by Gasteiger charge is -2.07. The summed E-state index contributed by atoms with van der Waals surface area (Å²) in [5.74, 6) is -0.0583. The topological polar surface area (TPSA) is 75.3 Å². The standard InChI is InChI=1S/C14H17N3O4/c1-4-16-5-6-17(14(16)19)9-10-7-11(20-2)8-12(15-10)13(18)21-3/h5-8H,4,9H2,1-3H3. The molecular formula is C14H17N3O4. The number of hydrogen-bond acceptors (Lipinski definition) is 5. The highest BCUT2D eigenvalue weighted by Crippen LogP contribution is 2.15. The van der Waals surface area contributed by atoms with E-state index in [4.69, 9.17) is 4.74 Å². The van der Waals surface area contributed by atoms with Crippen LogP contribution in [0.5, 0.6) is 5.75 Å². The van der Waals surface area contributed by atoms with Gasteiger partial charge in [0.25, 0.3) is 0 Å². The Morgan fingerprint density at radius 2 is 1.95 bits per heavy atom. The number of imidazole rings is 1. The molecular weight excluding hydrogens is 274 g/mol. The zero-order chi connectivity index (χ0) is 15.4. The lowest BCUT2D eigenvalue weighted by atomic mass is 10.2. The van der Waals surface area contributed by atoms with Crippen LogP contribution < -0.4 is 10.4 Å². The van der Waals surface area contributed by atoms with Gasteiger partial charge in [0, 0.05) is 31.1 Å². The molecule has 0 atom stereocenters. The number of methoxy groups -OCH3 is 2. The van der Waals surface area contributed by atoms with E-state index in [0.29, 0.717) is 18.0 Å². The molecule has 2 aromatic rings. The van der Waals surface area contributed by atoms with E-state index in [2.05, 4.69) is 9.72 Å². The zero-order valence-corrected chi connectivity index (χ0v) is 12.2. The van der Waals surface area contributed by atoms with E-state index in [1.165, 1.54) is 24.9 Å². The summed E-state index contributed by atoms with van der Waals surface area (Å²) >= 11 is 0. The molecule has 0 saturated carbocycles. The van der Waals surface area contributed by atoms with Gasteiger partial charge in [0.15, 0.2) is 5.69 Å². The van der Waals surface area contributed by atoms with Crippen LogP contribution in [0.4, 0.5) is 0 Å². The summed E-state index contributed by atoms with van der Waals surface area (Å²) < 4.78 is 12.9. The number of carbonyl (C=O) groups is 1. The van der Waals surface area contributed by atoms with Gasteiger partial charge in [-0.2, -0.15) is 0 Å². The Morgan fingerprint density at radius 1 is 1.24 bits per heavy atom. The van der Waals surface area contributed by atoms with E-state index in [0.717, 1.165) is 0 Å². The van der Waals surface area contributed by atoms with E-state index in [-0.39, 0.29) is 17.9 Å². The highest BCUT2D eigenvalue weighted by atomic mass is 16.5. The molecule has 7 heteroatoms. The second-order valence-corrected chi connectivity index (χ2v) is 4.37. The van der Waals surface area contributed by atoms with Gasteiger partial charge >= 0.3 is 11.7 Å². The van der Waals surface area contributed by atoms with Crippen molar-refractivity contribution in [3.8, 4) is 5.75 Å². The maximum Gasteiger partial charge on any atom is 0.356 e. The quantitative estimate of drug-likeness (QED) is 0.765. The van der Waals surface area contributed by atoms with Crippen molar-refractivity contribution in [1.29, 1.82) is 0 Å². The highest BCUT2D eigenvalue weighted by molar-refractivity contribution is 5.87. The summed E-state index contributed by atoms with van der Waals surface area (Å²) in [7, 11) is 2.79. The average molecular weight is 291 g/mol. The Morgan fingerprint density at radius 3 is 2.52 bits per heavy atom. The van der Waals surface area contributed by atoms with Crippen LogP contribution in [-0.2, 0) is 17.8 Å². The predicted molar refractivity (Wildman–Crippen MR) is 75.6 cm³/mol. The summed E-state index contributed by atoms with van der Waals surface area (Å²) in [4.78, 5) is 27.8. The number of ether oxygens (including phenoxy) is 2. The van der Waals surface area contributed by atoms with Gasteiger partial charge in [0.2, 0.25) is 0 Å². The third kappa shape index (κ3) is 3.13. The first kappa shape index (κ1) is 14.8. The molecule has 2 rings (SSSR count). The van der Waals surface area contributed by atoms with Gasteiger partial charge in [-0.15, -0.1) is 0 Å². The van der Waals surface area contributed by atoms with Crippen molar-refractivity contribution in [3.05, 3.63) is 46.4 Å². The number of nitrogens with zero attached hydrogens (tertiary/aromatic N) is 3. The van der Waals surface area contributed by atoms with Gasteiger partial charge in [0.05, 0.1) is 26.5 Å². The number of esters is 1. The molecule has 0 fully saturated rings. The minimum Gasteiger partial charge on any atom is -0.497 e. The monoisotopic (exact) mass is 291 g/mol. The van der Waals surface area contributed by atoms with E-state index in [1.54, 1.807) is 23.0 Å². The van der Waals surface area contributed by atoms with Crippen molar-refractivity contribution in [3.63, 3.8) is 0 Å². The molecule has 0 aliphatic rings. The van der Waals surface area contributed by atoms with Crippen LogP contribution in [0.3, 0.4) is 0 Å². The molecule has 0 unspecified atom stereocenters. The van der Waals surface area contributed by atoms with Gasteiger partial charge in [-0.1, -0.05) is 0 Å². The van der Waals surface area contributed by atoms with Gasteiger partial charge < -0.3 is 9.47 Å². The number of hydrogen-bond donors (Lipinski definition) is 0. The van der Waals surface area contributed by atoms with Crippen LogP contribution in [0, 0.1) is 0 Å². The van der Waals surface area contributed by atoms with Crippen molar-refractivity contribution >= 4 is 5.97 Å². The molecule has 2 aromatic heterocycles. The van der Waals surface area contributed by atoms with E-state index >= 15 is 0 Å². The first-order chi connectivity index (χ1) is 10.1. The van der Waals surface area contributed by atoms with Crippen LogP contribution in [0.15, 0.2) is 29.3 Å². The highest BCUT2D eigenvalue weighted by Gasteiger charge is 2.12. The smallest absolute Gasteiger partial charge is 0.356 e. The molecule has 0 bridgehead atoms. The molecule has 0 spiro atoms. The summed E-state index contributed by atoms with van der Waals surface area (Å²) in [6.07, 6.45) is 3.40. The van der Waals surface area contributed by atoms with Crippen molar-refractivity contribution in [2.45, 2.75) is 20.0 Å². The minimum absolute atomic E-state index is 0.123. The first-order valence-electron chi connectivity index (χ1n) is 6.47. The molecule has 0 N–H and O–H groups in total. The van der Waals surface area contributed by atoms with Gasteiger partial charge in [-0.3, -0.25) is 9.13 Å². The third-order valence-electron chi connectivity index (χ3n) is 3.07.